The van der Waals surface area contributed by atoms with Gasteiger partial charge in [-0.3, -0.25) is 0 Å². The summed E-state index contributed by atoms with van der Waals surface area (Å²) in [5, 5.41) is 3.34. The summed E-state index contributed by atoms with van der Waals surface area (Å²) < 4.78 is 5.48. The molecule has 1 aromatic heterocycles. The Bertz CT molecular complexity index is 380. The van der Waals surface area contributed by atoms with E-state index in [0.717, 1.165) is 31.2 Å². The van der Waals surface area contributed by atoms with Crippen molar-refractivity contribution in [2.24, 2.45) is 0 Å². The van der Waals surface area contributed by atoms with E-state index in [9.17, 15) is 0 Å². The van der Waals surface area contributed by atoms with Gasteiger partial charge in [0.1, 0.15) is 11.6 Å². The number of aromatic nitrogens is 2. The minimum Gasteiger partial charge on any atom is -0.478 e. The van der Waals surface area contributed by atoms with E-state index in [1.54, 1.807) is 0 Å². The van der Waals surface area contributed by atoms with E-state index >= 15 is 0 Å². The maximum Gasteiger partial charge on any atom is 0.218 e. The molecule has 0 saturated heterocycles. The van der Waals surface area contributed by atoms with E-state index in [4.69, 9.17) is 4.74 Å². The molecule has 1 heterocycles. The van der Waals surface area contributed by atoms with Gasteiger partial charge in [0.15, 0.2) is 0 Å². The second-order valence-corrected chi connectivity index (χ2v) is 5.12. The fourth-order valence-electron chi connectivity index (χ4n) is 1.63. The maximum absolute atomic E-state index is 5.48. The van der Waals surface area contributed by atoms with Crippen molar-refractivity contribution in [3.05, 3.63) is 11.9 Å². The summed E-state index contributed by atoms with van der Waals surface area (Å²) in [6.07, 6.45) is 1.08. The number of nitrogens with one attached hydrogen (secondary N) is 1. The molecule has 0 unspecified atom stereocenters. The third-order valence-electron chi connectivity index (χ3n) is 2.62. The Kier molecular flexibility index (Phi) is 6.56. The van der Waals surface area contributed by atoms with Crippen LogP contribution in [-0.4, -0.2) is 48.7 Å². The summed E-state index contributed by atoms with van der Waals surface area (Å²) in [6, 6.07) is 1.87. The maximum atomic E-state index is 5.48. The Hall–Kier alpha value is -1.36. The van der Waals surface area contributed by atoms with E-state index in [0.29, 0.717) is 18.4 Å². The second kappa shape index (κ2) is 7.94. The second-order valence-electron chi connectivity index (χ2n) is 5.12. The van der Waals surface area contributed by atoms with Gasteiger partial charge < -0.3 is 15.0 Å². The van der Waals surface area contributed by atoms with Crippen LogP contribution in [0.5, 0.6) is 5.88 Å². The molecular weight excluding hydrogens is 240 g/mol. The molecule has 1 aromatic rings. The van der Waals surface area contributed by atoms with Gasteiger partial charge in [-0.05, 0) is 34.0 Å². The molecule has 0 amide bonds. The first kappa shape index (κ1) is 15.7. The molecule has 0 saturated carbocycles. The van der Waals surface area contributed by atoms with Crippen molar-refractivity contribution in [3.8, 4) is 5.88 Å². The van der Waals surface area contributed by atoms with Crippen LogP contribution in [0, 0.1) is 0 Å². The lowest BCUT2D eigenvalue weighted by Crippen LogP contribution is -2.17. The Labute approximate surface area is 116 Å². The van der Waals surface area contributed by atoms with Crippen molar-refractivity contribution < 1.29 is 4.74 Å². The van der Waals surface area contributed by atoms with Crippen LogP contribution in [0.3, 0.4) is 0 Å². The molecule has 0 aliphatic heterocycles. The highest BCUT2D eigenvalue weighted by Crippen LogP contribution is 2.18. The Morgan fingerprint density at radius 3 is 2.63 bits per heavy atom. The standard InChI is InChI=1S/C14H26N4O/c1-6-19-13-10-12(15-8-7-9-18(4)5)16-14(17-13)11(2)3/h10-11H,6-9H2,1-5H3,(H,15,16,17). The quantitative estimate of drug-likeness (QED) is 0.732. The van der Waals surface area contributed by atoms with Gasteiger partial charge in [0.2, 0.25) is 5.88 Å². The van der Waals surface area contributed by atoms with Crippen LogP contribution in [0.15, 0.2) is 6.07 Å². The number of nitrogens with zero attached hydrogens (tertiary/aromatic N) is 3. The number of hydrogen-bond donors (Lipinski definition) is 1. The molecule has 0 spiro atoms. The zero-order valence-electron chi connectivity index (χ0n) is 12.7. The highest BCUT2D eigenvalue weighted by molar-refractivity contribution is 5.38. The summed E-state index contributed by atoms with van der Waals surface area (Å²) in [7, 11) is 4.16. The van der Waals surface area contributed by atoms with Crippen molar-refractivity contribution in [1.29, 1.82) is 0 Å². The molecule has 108 valence electrons. The third-order valence-corrected chi connectivity index (χ3v) is 2.62. The van der Waals surface area contributed by atoms with Gasteiger partial charge in [-0.1, -0.05) is 13.8 Å². The summed E-state index contributed by atoms with van der Waals surface area (Å²) >= 11 is 0. The van der Waals surface area contributed by atoms with Crippen LogP contribution in [0.2, 0.25) is 0 Å². The fourth-order valence-corrected chi connectivity index (χ4v) is 1.63. The average molecular weight is 266 g/mol. The zero-order chi connectivity index (χ0) is 14.3. The van der Waals surface area contributed by atoms with Crippen LogP contribution in [-0.2, 0) is 0 Å². The first-order valence-corrected chi connectivity index (χ1v) is 6.93. The Morgan fingerprint density at radius 1 is 1.32 bits per heavy atom. The van der Waals surface area contributed by atoms with Gasteiger partial charge in [0.05, 0.1) is 6.61 Å². The van der Waals surface area contributed by atoms with Crippen LogP contribution in [0.25, 0.3) is 0 Å². The number of hydrogen-bond acceptors (Lipinski definition) is 5. The molecule has 19 heavy (non-hydrogen) atoms. The summed E-state index contributed by atoms with van der Waals surface area (Å²) in [5.74, 6) is 2.61. The topological polar surface area (TPSA) is 50.3 Å². The van der Waals surface area contributed by atoms with Crippen LogP contribution < -0.4 is 10.1 Å². The highest BCUT2D eigenvalue weighted by Gasteiger charge is 2.08. The van der Waals surface area contributed by atoms with Gasteiger partial charge in [-0.15, -0.1) is 0 Å². The molecule has 5 nitrogen and oxygen atoms in total. The summed E-state index contributed by atoms with van der Waals surface area (Å²) in [5.41, 5.74) is 0. The van der Waals surface area contributed by atoms with E-state index in [1.165, 1.54) is 0 Å². The molecular formula is C14H26N4O. The van der Waals surface area contributed by atoms with E-state index in [1.807, 2.05) is 13.0 Å². The van der Waals surface area contributed by atoms with Crippen molar-refractivity contribution in [1.82, 2.24) is 14.9 Å². The predicted octanol–water partition coefficient (Wildman–Crippen LogP) is 2.36. The highest BCUT2D eigenvalue weighted by atomic mass is 16.5. The smallest absolute Gasteiger partial charge is 0.218 e. The lowest BCUT2D eigenvalue weighted by Gasteiger charge is -2.13. The Morgan fingerprint density at radius 2 is 2.05 bits per heavy atom. The number of anilines is 1. The van der Waals surface area contributed by atoms with Crippen LogP contribution >= 0.6 is 0 Å². The fraction of sp³-hybridized carbons (Fsp3) is 0.714. The van der Waals surface area contributed by atoms with E-state index in [-0.39, 0.29) is 0 Å². The molecule has 0 bridgehead atoms. The van der Waals surface area contributed by atoms with Gasteiger partial charge in [0.25, 0.3) is 0 Å². The van der Waals surface area contributed by atoms with Crippen molar-refractivity contribution in [3.63, 3.8) is 0 Å². The predicted molar refractivity (Wildman–Crippen MR) is 79.0 cm³/mol. The lowest BCUT2D eigenvalue weighted by molar-refractivity contribution is 0.324. The van der Waals surface area contributed by atoms with Crippen molar-refractivity contribution in [2.45, 2.75) is 33.1 Å². The molecule has 0 aromatic carbocycles. The largest absolute Gasteiger partial charge is 0.478 e. The molecule has 0 atom stereocenters. The molecule has 1 N–H and O–H groups in total. The third kappa shape index (κ3) is 5.87. The molecule has 0 radical (unpaired) electrons. The van der Waals surface area contributed by atoms with E-state index in [2.05, 4.69) is 48.1 Å². The molecule has 0 aliphatic carbocycles. The minimum atomic E-state index is 0.294. The zero-order valence-corrected chi connectivity index (χ0v) is 12.7. The van der Waals surface area contributed by atoms with Crippen LogP contribution in [0.4, 0.5) is 5.82 Å². The summed E-state index contributed by atoms with van der Waals surface area (Å²) in [6.45, 7) is 8.71. The van der Waals surface area contributed by atoms with Gasteiger partial charge in [0, 0.05) is 18.5 Å². The average Bonchev–Trinajstić information content (AvgIpc) is 2.34. The SMILES string of the molecule is CCOc1cc(NCCCN(C)C)nc(C(C)C)n1. The first-order chi connectivity index (χ1) is 9.02. The van der Waals surface area contributed by atoms with Crippen molar-refractivity contribution >= 4 is 5.82 Å². The normalized spacial score (nSPS) is 11.1. The van der Waals surface area contributed by atoms with Crippen LogP contribution in [0.1, 0.15) is 38.9 Å². The molecule has 0 aliphatic rings. The van der Waals surface area contributed by atoms with Gasteiger partial charge >= 0.3 is 0 Å². The Balaban J connectivity index is 2.65. The lowest BCUT2D eigenvalue weighted by atomic mass is 10.2. The molecule has 1 rings (SSSR count). The van der Waals surface area contributed by atoms with Gasteiger partial charge in [-0.2, -0.15) is 4.98 Å². The van der Waals surface area contributed by atoms with Gasteiger partial charge in [-0.25, -0.2) is 4.98 Å². The van der Waals surface area contributed by atoms with Crippen molar-refractivity contribution in [2.75, 3.05) is 39.1 Å². The monoisotopic (exact) mass is 266 g/mol. The first-order valence-electron chi connectivity index (χ1n) is 6.93. The van der Waals surface area contributed by atoms with E-state index < -0.39 is 0 Å². The number of rotatable bonds is 8. The molecule has 0 fully saturated rings. The molecule has 5 heteroatoms. The summed E-state index contributed by atoms with van der Waals surface area (Å²) in [4.78, 5) is 11.1. The number of ether oxygens (including phenoxy) is 1. The minimum absolute atomic E-state index is 0.294.